The van der Waals surface area contributed by atoms with Crippen molar-refractivity contribution in [1.29, 1.82) is 0 Å². The molecule has 0 aliphatic heterocycles. The van der Waals surface area contributed by atoms with Crippen LogP contribution in [0, 0.1) is 19.3 Å². The number of carbonyl (C=O) groups is 1. The number of aliphatic hydroxyl groups is 2. The van der Waals surface area contributed by atoms with Crippen molar-refractivity contribution >= 4 is 35.5 Å². The van der Waals surface area contributed by atoms with Gasteiger partial charge in [-0.25, -0.2) is 4.79 Å². The van der Waals surface area contributed by atoms with Gasteiger partial charge in [-0.3, -0.25) is 0 Å². The number of aliphatic hydroxyl groups excluding tert-OH is 2. The van der Waals surface area contributed by atoms with Gasteiger partial charge in [0.2, 0.25) is 0 Å². The van der Waals surface area contributed by atoms with E-state index in [0.717, 1.165) is 31.2 Å². The number of rotatable bonds is 12. The summed E-state index contributed by atoms with van der Waals surface area (Å²) in [5, 5.41) is 29.6. The van der Waals surface area contributed by atoms with E-state index < -0.39 is 18.2 Å². The number of aryl methyl sites for hydroxylation is 3. The second kappa shape index (κ2) is 14.1. The molecule has 1 radical (unpaired) electrons. The Bertz CT molecular complexity index is 1020. The number of hydrogen-bond donors (Lipinski definition) is 3. The molecule has 0 saturated carbocycles. The second-order valence-corrected chi connectivity index (χ2v) is 11.4. The van der Waals surface area contributed by atoms with Crippen molar-refractivity contribution in [2.75, 3.05) is 0 Å². The van der Waals surface area contributed by atoms with Gasteiger partial charge in [-0.05, 0) is 85.8 Å². The molecule has 201 valence electrons. The number of carboxylic acids is 1. The third-order valence-electron chi connectivity index (χ3n) is 7.62. The summed E-state index contributed by atoms with van der Waals surface area (Å²) in [6.45, 7) is 16.3. The molecule has 2 rings (SSSR count). The molecular formula is C31H46NaO5. The van der Waals surface area contributed by atoms with Crippen molar-refractivity contribution in [3.63, 3.8) is 0 Å². The van der Waals surface area contributed by atoms with Gasteiger partial charge in [0.25, 0.3) is 0 Å². The Hall–Kier alpha value is -1.37. The summed E-state index contributed by atoms with van der Waals surface area (Å²) < 4.78 is 5.78. The van der Waals surface area contributed by atoms with Crippen molar-refractivity contribution in [3.05, 3.63) is 64.2 Å². The van der Waals surface area contributed by atoms with Crippen LogP contribution in [-0.4, -0.2) is 69.2 Å². The first-order chi connectivity index (χ1) is 16.7. The fraction of sp³-hybridized carbons (Fsp3) is 0.581. The Labute approximate surface area is 245 Å². The van der Waals surface area contributed by atoms with Crippen LogP contribution in [0.3, 0.4) is 0 Å². The smallest absolute Gasteiger partial charge is 0.344 e. The Morgan fingerprint density at radius 1 is 0.946 bits per heavy atom. The van der Waals surface area contributed by atoms with Crippen LogP contribution in [-0.2, 0) is 16.6 Å². The fourth-order valence-electron chi connectivity index (χ4n) is 4.97. The van der Waals surface area contributed by atoms with Crippen molar-refractivity contribution in [2.24, 2.45) is 5.41 Å². The summed E-state index contributed by atoms with van der Waals surface area (Å²) in [7, 11) is 0. The van der Waals surface area contributed by atoms with E-state index in [1.54, 1.807) is 6.92 Å². The minimum atomic E-state index is -1.09. The molecule has 3 N–H and O–H groups in total. The van der Waals surface area contributed by atoms with Gasteiger partial charge in [0.15, 0.2) is 6.10 Å². The predicted octanol–water partition coefficient (Wildman–Crippen LogP) is 5.97. The van der Waals surface area contributed by atoms with Gasteiger partial charge in [-0.15, -0.1) is 0 Å². The van der Waals surface area contributed by atoms with Gasteiger partial charge >= 0.3 is 5.97 Å². The molecule has 2 aromatic rings. The van der Waals surface area contributed by atoms with Gasteiger partial charge in [0.05, 0.1) is 12.2 Å². The maximum Gasteiger partial charge on any atom is 0.344 e. The molecule has 0 aromatic heterocycles. The third-order valence-corrected chi connectivity index (χ3v) is 7.62. The third kappa shape index (κ3) is 8.56. The summed E-state index contributed by atoms with van der Waals surface area (Å²) >= 11 is 0. The van der Waals surface area contributed by atoms with Crippen LogP contribution in [0.25, 0.3) is 0 Å². The van der Waals surface area contributed by atoms with Crippen molar-refractivity contribution < 1.29 is 24.9 Å². The predicted molar refractivity (Wildman–Crippen MR) is 152 cm³/mol. The molecule has 0 aliphatic rings. The Morgan fingerprint density at radius 3 is 1.92 bits per heavy atom. The number of aliphatic carboxylic acids is 1. The molecule has 3 atom stereocenters. The molecule has 0 bridgehead atoms. The van der Waals surface area contributed by atoms with E-state index in [9.17, 15) is 20.1 Å². The van der Waals surface area contributed by atoms with Crippen LogP contribution in [0.2, 0.25) is 0 Å². The molecule has 0 amide bonds. The van der Waals surface area contributed by atoms with E-state index >= 15 is 0 Å². The van der Waals surface area contributed by atoms with Crippen LogP contribution < -0.4 is 4.74 Å². The van der Waals surface area contributed by atoms with Gasteiger partial charge in [-0.1, -0.05) is 65.0 Å². The molecule has 6 heteroatoms. The van der Waals surface area contributed by atoms with Gasteiger partial charge in [0, 0.05) is 41.4 Å². The van der Waals surface area contributed by atoms with Crippen LogP contribution >= 0.6 is 0 Å². The first-order valence-corrected chi connectivity index (χ1v) is 13.2. The zero-order chi connectivity index (χ0) is 27.3. The summed E-state index contributed by atoms with van der Waals surface area (Å²) in [5.41, 5.74) is 5.51. The summed E-state index contributed by atoms with van der Waals surface area (Å²) in [4.78, 5) is 11.6. The average molecular weight is 522 g/mol. The minimum Gasteiger partial charge on any atom is -0.479 e. The molecule has 0 heterocycles. The first kappa shape index (κ1) is 33.7. The molecule has 2 aromatic carbocycles. The molecule has 5 nitrogen and oxygen atoms in total. The standard InChI is InChI=1S/C31H46O5.Na/c1-9-31(10-2,24-13-11-23(20(3)17-24)12-16-28(33)30(6,7)8)25-14-15-26(21(4)18-25)36-27(29(34)35)19-22(5)32;/h11,13-15,17-18,22,27-28,32-33H,9-10,12,16,19H2,1-8H3,(H,34,35);/t22-,27?,28?;/m1./s1. The topological polar surface area (TPSA) is 87.0 Å². The van der Waals surface area contributed by atoms with Gasteiger partial charge < -0.3 is 20.1 Å². The number of ether oxygens (including phenoxy) is 1. The fourth-order valence-corrected chi connectivity index (χ4v) is 4.97. The molecule has 37 heavy (non-hydrogen) atoms. The Morgan fingerprint density at radius 2 is 1.49 bits per heavy atom. The Kier molecular flexibility index (Phi) is 12.9. The summed E-state index contributed by atoms with van der Waals surface area (Å²) in [6.07, 6.45) is 1.26. The van der Waals surface area contributed by atoms with Gasteiger partial charge in [0.1, 0.15) is 5.75 Å². The van der Waals surface area contributed by atoms with Crippen LogP contribution in [0.5, 0.6) is 5.75 Å². The second-order valence-electron chi connectivity index (χ2n) is 11.4. The maximum atomic E-state index is 11.6. The van der Waals surface area contributed by atoms with Crippen molar-refractivity contribution in [2.45, 2.75) is 111 Å². The van der Waals surface area contributed by atoms with Crippen LogP contribution in [0.15, 0.2) is 36.4 Å². The maximum absolute atomic E-state index is 11.6. The normalized spacial score (nSPS) is 14.4. The number of hydrogen-bond acceptors (Lipinski definition) is 4. The molecule has 2 unspecified atom stereocenters. The Balaban J connectivity index is 0.00000684. The van der Waals surface area contributed by atoms with E-state index in [4.69, 9.17) is 4.74 Å². The molecule has 0 saturated heterocycles. The zero-order valence-electron chi connectivity index (χ0n) is 24.4. The van der Waals surface area contributed by atoms with E-state index in [0.29, 0.717) is 5.75 Å². The van der Waals surface area contributed by atoms with E-state index in [2.05, 4.69) is 65.8 Å². The molecule has 0 fully saturated rings. The van der Waals surface area contributed by atoms with Crippen LogP contribution in [0.4, 0.5) is 0 Å². The van der Waals surface area contributed by atoms with Crippen molar-refractivity contribution in [3.8, 4) is 5.75 Å². The first-order valence-electron chi connectivity index (χ1n) is 13.2. The van der Waals surface area contributed by atoms with E-state index in [1.165, 1.54) is 22.3 Å². The largest absolute Gasteiger partial charge is 0.479 e. The van der Waals surface area contributed by atoms with E-state index in [1.807, 2.05) is 19.1 Å². The van der Waals surface area contributed by atoms with Crippen LogP contribution in [0.1, 0.15) is 95.0 Å². The monoisotopic (exact) mass is 521 g/mol. The van der Waals surface area contributed by atoms with E-state index in [-0.39, 0.29) is 52.9 Å². The summed E-state index contributed by atoms with van der Waals surface area (Å²) in [5.74, 6) is -0.557. The molecular weight excluding hydrogens is 475 g/mol. The number of carboxylic acid groups (broad SMARTS) is 1. The SMILES string of the molecule is CCC(CC)(c1ccc(CCC(O)C(C)(C)C)c(C)c1)c1ccc(OC(C[C@@H](C)O)C(=O)O)c(C)c1.[Na]. The average Bonchev–Trinajstić information content (AvgIpc) is 2.79. The zero-order valence-corrected chi connectivity index (χ0v) is 26.4. The van der Waals surface area contributed by atoms with Gasteiger partial charge in [-0.2, -0.15) is 0 Å². The molecule has 0 spiro atoms. The number of benzene rings is 2. The quantitative estimate of drug-likeness (QED) is 0.300. The summed E-state index contributed by atoms with van der Waals surface area (Å²) in [6, 6.07) is 12.7. The molecule has 0 aliphatic carbocycles. The van der Waals surface area contributed by atoms with Crippen molar-refractivity contribution in [1.82, 2.24) is 0 Å². The minimum absolute atomic E-state index is 0.